The molecule has 0 N–H and O–H groups in total. The molecule has 0 aliphatic heterocycles. The quantitative estimate of drug-likeness (QED) is 0.450. The first kappa shape index (κ1) is 6.46. The van der Waals surface area contributed by atoms with Gasteiger partial charge in [-0.25, -0.2) is 0 Å². The Morgan fingerprint density at radius 2 is 1.44 bits per heavy atom. The molecular weight excluding hydrogens is 116 g/mol. The average molecular weight is 126 g/mol. The van der Waals surface area contributed by atoms with Crippen molar-refractivity contribution in [3.8, 4) is 0 Å². The van der Waals surface area contributed by atoms with E-state index in [1.54, 1.807) is 0 Å². The van der Waals surface area contributed by atoms with E-state index in [1.807, 2.05) is 13.8 Å². The van der Waals surface area contributed by atoms with Gasteiger partial charge in [-0.2, -0.15) is 0 Å². The van der Waals surface area contributed by atoms with Gasteiger partial charge in [-0.15, -0.1) is 0 Å². The monoisotopic (exact) mass is 126 g/mol. The van der Waals surface area contributed by atoms with Crippen molar-refractivity contribution >= 4 is 11.6 Å². The summed E-state index contributed by atoms with van der Waals surface area (Å²) < 4.78 is 0. The van der Waals surface area contributed by atoms with Crippen molar-refractivity contribution in [2.75, 3.05) is 0 Å². The van der Waals surface area contributed by atoms with Crippen LogP contribution >= 0.6 is 0 Å². The number of carbonyl (C=O) groups is 2. The molecule has 0 aromatic heterocycles. The zero-order valence-electron chi connectivity index (χ0n) is 5.68. The SMILES string of the molecule is C[C@@H]1C[C@H](C)C(=O)C1=O. The Morgan fingerprint density at radius 3 is 1.56 bits per heavy atom. The predicted octanol–water partition coefficient (Wildman–Crippen LogP) is 0.800. The fourth-order valence-corrected chi connectivity index (χ4v) is 1.23. The maximum atomic E-state index is 10.8. The van der Waals surface area contributed by atoms with Gasteiger partial charge in [0, 0.05) is 11.8 Å². The predicted molar refractivity (Wildman–Crippen MR) is 33.0 cm³/mol. The summed E-state index contributed by atoms with van der Waals surface area (Å²) in [7, 11) is 0. The lowest BCUT2D eigenvalue weighted by atomic mass is 10.1. The third kappa shape index (κ3) is 0.889. The molecule has 1 fully saturated rings. The summed E-state index contributed by atoms with van der Waals surface area (Å²) >= 11 is 0. The van der Waals surface area contributed by atoms with Gasteiger partial charge in [0.25, 0.3) is 0 Å². The van der Waals surface area contributed by atoms with E-state index in [2.05, 4.69) is 0 Å². The number of hydrogen-bond donors (Lipinski definition) is 0. The topological polar surface area (TPSA) is 34.1 Å². The molecule has 0 aromatic rings. The van der Waals surface area contributed by atoms with Gasteiger partial charge in [-0.1, -0.05) is 13.8 Å². The highest BCUT2D eigenvalue weighted by atomic mass is 16.2. The minimum absolute atomic E-state index is 0.0208. The van der Waals surface area contributed by atoms with E-state index in [0.29, 0.717) is 0 Å². The smallest absolute Gasteiger partial charge is 0.201 e. The molecule has 0 amide bonds. The van der Waals surface area contributed by atoms with Crippen molar-refractivity contribution < 1.29 is 9.59 Å². The molecule has 1 aliphatic rings. The lowest BCUT2D eigenvalue weighted by molar-refractivity contribution is -0.136. The molecule has 1 rings (SSSR count). The minimum atomic E-state index is -0.178. The summed E-state index contributed by atoms with van der Waals surface area (Å²) in [6.07, 6.45) is 0.748. The number of hydrogen-bond acceptors (Lipinski definition) is 2. The summed E-state index contributed by atoms with van der Waals surface area (Å²) in [4.78, 5) is 21.5. The summed E-state index contributed by atoms with van der Waals surface area (Å²) in [5, 5.41) is 0. The number of carbonyl (C=O) groups excluding carboxylic acids is 2. The van der Waals surface area contributed by atoms with Crippen LogP contribution in [-0.2, 0) is 9.59 Å². The third-order valence-electron chi connectivity index (χ3n) is 1.85. The fourth-order valence-electron chi connectivity index (χ4n) is 1.23. The third-order valence-corrected chi connectivity index (χ3v) is 1.85. The highest BCUT2D eigenvalue weighted by Gasteiger charge is 2.34. The molecule has 2 heteroatoms. The van der Waals surface area contributed by atoms with Gasteiger partial charge >= 0.3 is 0 Å². The standard InChI is InChI=1S/C7H10O2/c1-4-3-5(2)7(9)6(4)8/h4-5H,3H2,1-2H3/t4-,5+. The molecule has 0 radical (unpaired) electrons. The summed E-state index contributed by atoms with van der Waals surface area (Å²) in [6, 6.07) is 0. The molecule has 0 heterocycles. The van der Waals surface area contributed by atoms with Gasteiger partial charge in [0.15, 0.2) is 0 Å². The van der Waals surface area contributed by atoms with E-state index in [-0.39, 0.29) is 23.4 Å². The van der Waals surface area contributed by atoms with Crippen LogP contribution in [0.5, 0.6) is 0 Å². The first-order chi connectivity index (χ1) is 4.13. The van der Waals surface area contributed by atoms with Gasteiger partial charge in [-0.05, 0) is 6.42 Å². The average Bonchev–Trinajstić information content (AvgIpc) is 1.98. The zero-order valence-corrected chi connectivity index (χ0v) is 5.68. The molecule has 2 atom stereocenters. The Labute approximate surface area is 54.2 Å². The lowest BCUT2D eigenvalue weighted by Gasteiger charge is -1.92. The molecule has 0 unspecified atom stereocenters. The second-order valence-electron chi connectivity index (χ2n) is 2.77. The molecule has 0 bridgehead atoms. The van der Waals surface area contributed by atoms with E-state index in [9.17, 15) is 9.59 Å². The van der Waals surface area contributed by atoms with Crippen molar-refractivity contribution in [2.24, 2.45) is 11.8 Å². The Morgan fingerprint density at radius 1 is 1.11 bits per heavy atom. The first-order valence-corrected chi connectivity index (χ1v) is 3.21. The molecule has 0 aromatic carbocycles. The van der Waals surface area contributed by atoms with E-state index < -0.39 is 0 Å². The van der Waals surface area contributed by atoms with Crippen molar-refractivity contribution in [1.29, 1.82) is 0 Å². The molecule has 50 valence electrons. The van der Waals surface area contributed by atoms with Crippen LogP contribution in [-0.4, -0.2) is 11.6 Å². The number of Topliss-reactive ketones (excluding diaryl/α,β-unsaturated/α-hetero) is 2. The largest absolute Gasteiger partial charge is 0.291 e. The van der Waals surface area contributed by atoms with Crippen LogP contribution in [0.3, 0.4) is 0 Å². The van der Waals surface area contributed by atoms with Crippen LogP contribution in [0.1, 0.15) is 20.3 Å². The molecule has 0 spiro atoms. The molecule has 1 aliphatic carbocycles. The molecule has 2 nitrogen and oxygen atoms in total. The molecular formula is C7H10O2. The highest BCUT2D eigenvalue weighted by molar-refractivity contribution is 6.40. The van der Waals surface area contributed by atoms with Crippen molar-refractivity contribution in [3.63, 3.8) is 0 Å². The Kier molecular flexibility index (Phi) is 1.39. The minimum Gasteiger partial charge on any atom is -0.291 e. The van der Waals surface area contributed by atoms with Crippen LogP contribution in [0, 0.1) is 11.8 Å². The van der Waals surface area contributed by atoms with Crippen LogP contribution in [0.15, 0.2) is 0 Å². The van der Waals surface area contributed by atoms with Crippen molar-refractivity contribution in [2.45, 2.75) is 20.3 Å². The first-order valence-electron chi connectivity index (χ1n) is 3.21. The van der Waals surface area contributed by atoms with Gasteiger partial charge in [0.05, 0.1) is 0 Å². The molecule has 1 saturated carbocycles. The second-order valence-corrected chi connectivity index (χ2v) is 2.77. The Bertz CT molecular complexity index is 142. The fraction of sp³-hybridized carbons (Fsp3) is 0.714. The number of ketones is 2. The Balaban J connectivity index is 2.77. The molecule has 0 saturated heterocycles. The van der Waals surface area contributed by atoms with Crippen LogP contribution < -0.4 is 0 Å². The van der Waals surface area contributed by atoms with Gasteiger partial charge < -0.3 is 0 Å². The lowest BCUT2D eigenvalue weighted by Crippen LogP contribution is -2.12. The zero-order chi connectivity index (χ0) is 7.02. The van der Waals surface area contributed by atoms with E-state index in [4.69, 9.17) is 0 Å². The maximum Gasteiger partial charge on any atom is 0.201 e. The van der Waals surface area contributed by atoms with E-state index in [1.165, 1.54) is 0 Å². The van der Waals surface area contributed by atoms with Crippen molar-refractivity contribution in [1.82, 2.24) is 0 Å². The maximum absolute atomic E-state index is 10.8. The van der Waals surface area contributed by atoms with Gasteiger partial charge in [0.2, 0.25) is 11.6 Å². The van der Waals surface area contributed by atoms with Crippen LogP contribution in [0.2, 0.25) is 0 Å². The van der Waals surface area contributed by atoms with E-state index >= 15 is 0 Å². The van der Waals surface area contributed by atoms with Gasteiger partial charge in [-0.3, -0.25) is 9.59 Å². The normalized spacial score (nSPS) is 35.8. The van der Waals surface area contributed by atoms with Crippen LogP contribution in [0.4, 0.5) is 0 Å². The number of rotatable bonds is 0. The van der Waals surface area contributed by atoms with E-state index in [0.717, 1.165) is 6.42 Å². The summed E-state index contributed by atoms with van der Waals surface area (Å²) in [6.45, 7) is 3.62. The van der Waals surface area contributed by atoms with Crippen LogP contribution in [0.25, 0.3) is 0 Å². The van der Waals surface area contributed by atoms with Gasteiger partial charge in [0.1, 0.15) is 0 Å². The van der Waals surface area contributed by atoms with Crippen molar-refractivity contribution in [3.05, 3.63) is 0 Å². The second kappa shape index (κ2) is 1.94. The Hall–Kier alpha value is -0.660. The summed E-state index contributed by atoms with van der Waals surface area (Å²) in [5.41, 5.74) is 0. The molecule has 9 heavy (non-hydrogen) atoms. The summed E-state index contributed by atoms with van der Waals surface area (Å²) in [5.74, 6) is -0.398. The highest BCUT2D eigenvalue weighted by Crippen LogP contribution is 2.22.